The van der Waals surface area contributed by atoms with Crippen LogP contribution in [0.3, 0.4) is 0 Å². The van der Waals surface area contributed by atoms with E-state index in [0.29, 0.717) is 6.04 Å². The van der Waals surface area contributed by atoms with Crippen LogP contribution in [0.4, 0.5) is 0 Å². The van der Waals surface area contributed by atoms with Gasteiger partial charge in [-0.25, -0.2) is 0 Å². The molecular weight excluding hydrogens is 248 g/mol. The lowest BCUT2D eigenvalue weighted by Crippen LogP contribution is -2.27. The molecule has 1 N–H and O–H groups in total. The van der Waals surface area contributed by atoms with Crippen LogP contribution in [0.15, 0.2) is 24.3 Å². The number of nitrogens with one attached hydrogen (secondary N) is 1. The minimum Gasteiger partial charge on any atom is -0.492 e. The molecule has 0 aliphatic heterocycles. The third kappa shape index (κ3) is 7.51. The maximum atomic E-state index is 5.70. The molecule has 0 aliphatic rings. The molecule has 3 heteroatoms. The van der Waals surface area contributed by atoms with Gasteiger partial charge in [0.15, 0.2) is 0 Å². The van der Waals surface area contributed by atoms with Crippen molar-refractivity contribution in [1.29, 1.82) is 0 Å². The van der Waals surface area contributed by atoms with Gasteiger partial charge in [-0.3, -0.25) is 0 Å². The smallest absolute Gasteiger partial charge is 0.119 e. The van der Waals surface area contributed by atoms with Crippen LogP contribution in [-0.2, 0) is 6.42 Å². The summed E-state index contributed by atoms with van der Waals surface area (Å²) in [6.07, 6.45) is 3.50. The third-order valence-corrected chi connectivity index (χ3v) is 3.34. The summed E-state index contributed by atoms with van der Waals surface area (Å²) in [5.41, 5.74) is 1.38. The molecule has 1 rings (SSSR count). The predicted molar refractivity (Wildman–Crippen MR) is 86.6 cm³/mol. The fourth-order valence-electron chi connectivity index (χ4n) is 1.97. The standard InChI is InChI=1S/C17H30N2O/c1-5-12-18-15(2)6-7-16-8-10-17(11-9-16)20-14-13-19(3)4/h8-11,15,18H,5-7,12-14H2,1-4H3. The van der Waals surface area contributed by atoms with E-state index in [1.807, 2.05) is 0 Å². The van der Waals surface area contributed by atoms with E-state index in [1.165, 1.54) is 18.4 Å². The van der Waals surface area contributed by atoms with Gasteiger partial charge in [0, 0.05) is 12.6 Å². The van der Waals surface area contributed by atoms with Gasteiger partial charge in [-0.1, -0.05) is 19.1 Å². The second-order valence-electron chi connectivity index (χ2n) is 5.69. The largest absolute Gasteiger partial charge is 0.492 e. The average Bonchev–Trinajstić information content (AvgIpc) is 2.44. The lowest BCUT2D eigenvalue weighted by molar-refractivity contribution is 0.261. The Morgan fingerprint density at radius 2 is 1.90 bits per heavy atom. The van der Waals surface area contributed by atoms with Crippen molar-refractivity contribution in [2.75, 3.05) is 33.8 Å². The molecule has 0 fully saturated rings. The van der Waals surface area contributed by atoms with Gasteiger partial charge in [0.2, 0.25) is 0 Å². The number of rotatable bonds is 10. The molecule has 1 aromatic carbocycles. The number of aryl methyl sites for hydroxylation is 1. The van der Waals surface area contributed by atoms with E-state index in [4.69, 9.17) is 4.74 Å². The summed E-state index contributed by atoms with van der Waals surface area (Å²) in [5, 5.41) is 3.52. The molecule has 0 amide bonds. The average molecular weight is 278 g/mol. The van der Waals surface area contributed by atoms with Gasteiger partial charge in [-0.05, 0) is 64.5 Å². The molecule has 0 spiro atoms. The molecule has 1 atom stereocenters. The zero-order valence-electron chi connectivity index (χ0n) is 13.5. The molecule has 114 valence electrons. The maximum absolute atomic E-state index is 5.70. The van der Waals surface area contributed by atoms with E-state index in [9.17, 15) is 0 Å². The monoisotopic (exact) mass is 278 g/mol. The number of ether oxygens (including phenoxy) is 1. The van der Waals surface area contributed by atoms with Crippen LogP contribution in [0.1, 0.15) is 32.3 Å². The van der Waals surface area contributed by atoms with Crippen LogP contribution >= 0.6 is 0 Å². The van der Waals surface area contributed by atoms with Crippen molar-refractivity contribution in [3.05, 3.63) is 29.8 Å². The van der Waals surface area contributed by atoms with Crippen molar-refractivity contribution in [3.8, 4) is 5.75 Å². The Hall–Kier alpha value is -1.06. The number of likely N-dealkylation sites (N-methyl/N-ethyl adjacent to an activating group) is 1. The van der Waals surface area contributed by atoms with Gasteiger partial charge in [0.25, 0.3) is 0 Å². The molecule has 1 aromatic rings. The van der Waals surface area contributed by atoms with Gasteiger partial charge < -0.3 is 15.0 Å². The van der Waals surface area contributed by atoms with E-state index in [0.717, 1.165) is 31.9 Å². The zero-order valence-corrected chi connectivity index (χ0v) is 13.5. The summed E-state index contributed by atoms with van der Waals surface area (Å²) in [7, 11) is 4.11. The lowest BCUT2D eigenvalue weighted by Gasteiger charge is -2.13. The quantitative estimate of drug-likeness (QED) is 0.712. The van der Waals surface area contributed by atoms with Crippen molar-refractivity contribution >= 4 is 0 Å². The van der Waals surface area contributed by atoms with E-state index in [-0.39, 0.29) is 0 Å². The highest BCUT2D eigenvalue weighted by molar-refractivity contribution is 5.27. The highest BCUT2D eigenvalue weighted by Crippen LogP contribution is 2.14. The summed E-state index contributed by atoms with van der Waals surface area (Å²) < 4.78 is 5.70. The second kappa shape index (κ2) is 9.78. The maximum Gasteiger partial charge on any atom is 0.119 e. The highest BCUT2D eigenvalue weighted by Gasteiger charge is 2.02. The second-order valence-corrected chi connectivity index (χ2v) is 5.69. The third-order valence-electron chi connectivity index (χ3n) is 3.34. The van der Waals surface area contributed by atoms with Crippen LogP contribution in [0.2, 0.25) is 0 Å². The van der Waals surface area contributed by atoms with Crippen LogP contribution in [0.25, 0.3) is 0 Å². The number of benzene rings is 1. The van der Waals surface area contributed by atoms with E-state index < -0.39 is 0 Å². The van der Waals surface area contributed by atoms with Crippen LogP contribution in [0, 0.1) is 0 Å². The Bertz CT molecular complexity index is 349. The fraction of sp³-hybridized carbons (Fsp3) is 0.647. The number of hydrogen-bond acceptors (Lipinski definition) is 3. The van der Waals surface area contributed by atoms with Crippen LogP contribution < -0.4 is 10.1 Å². The van der Waals surface area contributed by atoms with Gasteiger partial charge in [-0.15, -0.1) is 0 Å². The Kier molecular flexibility index (Phi) is 8.31. The summed E-state index contributed by atoms with van der Waals surface area (Å²) in [5.74, 6) is 0.966. The zero-order chi connectivity index (χ0) is 14.8. The van der Waals surface area contributed by atoms with Gasteiger partial charge in [0.1, 0.15) is 12.4 Å². The Morgan fingerprint density at radius 3 is 2.50 bits per heavy atom. The molecule has 0 aliphatic carbocycles. The van der Waals surface area contributed by atoms with Gasteiger partial charge in [-0.2, -0.15) is 0 Å². The first kappa shape index (κ1) is 17.0. The Balaban J connectivity index is 2.27. The minimum atomic E-state index is 0.589. The van der Waals surface area contributed by atoms with Crippen molar-refractivity contribution in [2.45, 2.75) is 39.2 Å². The lowest BCUT2D eigenvalue weighted by atomic mass is 10.1. The van der Waals surface area contributed by atoms with Crippen LogP contribution in [0.5, 0.6) is 5.75 Å². The molecule has 20 heavy (non-hydrogen) atoms. The Morgan fingerprint density at radius 1 is 1.20 bits per heavy atom. The van der Waals surface area contributed by atoms with Crippen molar-refractivity contribution in [2.24, 2.45) is 0 Å². The van der Waals surface area contributed by atoms with E-state index >= 15 is 0 Å². The highest BCUT2D eigenvalue weighted by atomic mass is 16.5. The topological polar surface area (TPSA) is 24.5 Å². The number of hydrogen-bond donors (Lipinski definition) is 1. The molecule has 1 unspecified atom stereocenters. The molecule has 0 aromatic heterocycles. The first-order valence-corrected chi connectivity index (χ1v) is 7.71. The van der Waals surface area contributed by atoms with E-state index in [2.05, 4.69) is 62.4 Å². The molecule has 0 radical (unpaired) electrons. The summed E-state index contributed by atoms with van der Waals surface area (Å²) in [6, 6.07) is 9.10. The summed E-state index contributed by atoms with van der Waals surface area (Å²) >= 11 is 0. The minimum absolute atomic E-state index is 0.589. The first-order valence-electron chi connectivity index (χ1n) is 7.71. The molecule has 0 bridgehead atoms. The SMILES string of the molecule is CCCNC(C)CCc1ccc(OCCN(C)C)cc1. The van der Waals surface area contributed by atoms with Gasteiger partial charge in [0.05, 0.1) is 0 Å². The normalized spacial score (nSPS) is 12.7. The van der Waals surface area contributed by atoms with Crippen molar-refractivity contribution < 1.29 is 4.74 Å². The predicted octanol–water partition coefficient (Wildman–Crippen LogP) is 2.95. The first-order chi connectivity index (χ1) is 9.61. The molecule has 0 saturated heterocycles. The molecule has 3 nitrogen and oxygen atoms in total. The Labute approximate surface area is 124 Å². The molecule has 0 heterocycles. The summed E-state index contributed by atoms with van der Waals surface area (Å²) in [6.45, 7) is 7.26. The molecule has 0 saturated carbocycles. The van der Waals surface area contributed by atoms with E-state index in [1.54, 1.807) is 0 Å². The molecular formula is C17H30N2O. The van der Waals surface area contributed by atoms with Crippen LogP contribution in [-0.4, -0.2) is 44.7 Å². The summed E-state index contributed by atoms with van der Waals surface area (Å²) in [4.78, 5) is 2.12. The number of nitrogens with zero attached hydrogens (tertiary/aromatic N) is 1. The van der Waals surface area contributed by atoms with Crippen molar-refractivity contribution in [3.63, 3.8) is 0 Å². The fourth-order valence-corrected chi connectivity index (χ4v) is 1.97. The van der Waals surface area contributed by atoms with Gasteiger partial charge >= 0.3 is 0 Å². The van der Waals surface area contributed by atoms with Crippen molar-refractivity contribution in [1.82, 2.24) is 10.2 Å².